The van der Waals surface area contributed by atoms with Crippen LogP contribution in [0.3, 0.4) is 0 Å². The number of anilines is 2. The molecule has 2 aromatic rings. The molecule has 1 aliphatic rings. The molecular formula is C12H13N5O2S. The van der Waals surface area contributed by atoms with Crippen LogP contribution in [0.15, 0.2) is 24.0 Å². The molecule has 0 radical (unpaired) electrons. The predicted molar refractivity (Wildman–Crippen MR) is 75.5 cm³/mol. The molecule has 0 aromatic carbocycles. The minimum atomic E-state index is -1.06. The first kappa shape index (κ1) is 12.8. The lowest BCUT2D eigenvalue weighted by atomic mass is 10.3. The van der Waals surface area contributed by atoms with E-state index in [1.807, 2.05) is 11.6 Å². The Balaban J connectivity index is 1.64. The van der Waals surface area contributed by atoms with Crippen molar-refractivity contribution >= 4 is 28.3 Å². The number of hydrogen-bond acceptors (Lipinski definition) is 7. The first-order chi connectivity index (χ1) is 9.74. The summed E-state index contributed by atoms with van der Waals surface area (Å²) in [6.45, 7) is 3.38. The molecule has 3 rings (SSSR count). The Bertz CT molecular complexity index is 578. The van der Waals surface area contributed by atoms with Gasteiger partial charge in [-0.1, -0.05) is 0 Å². The molecule has 104 valence electrons. The van der Waals surface area contributed by atoms with Gasteiger partial charge in [0.15, 0.2) is 10.8 Å². The third kappa shape index (κ3) is 2.55. The van der Waals surface area contributed by atoms with E-state index in [1.54, 1.807) is 11.3 Å². The summed E-state index contributed by atoms with van der Waals surface area (Å²) < 4.78 is 0. The molecule has 0 unspecified atom stereocenters. The summed E-state index contributed by atoms with van der Waals surface area (Å²) in [6.07, 6.45) is 4.62. The molecule has 0 saturated carbocycles. The lowest BCUT2D eigenvalue weighted by molar-refractivity contribution is 0.0690. The zero-order chi connectivity index (χ0) is 13.9. The lowest BCUT2D eigenvalue weighted by Gasteiger charge is -2.35. The first-order valence-electron chi connectivity index (χ1n) is 6.19. The molecule has 0 atom stereocenters. The number of carboxylic acid groups (broad SMARTS) is 1. The van der Waals surface area contributed by atoms with E-state index >= 15 is 0 Å². The summed E-state index contributed by atoms with van der Waals surface area (Å²) in [5, 5.41) is 11.8. The number of nitrogens with zero attached hydrogens (tertiary/aromatic N) is 5. The molecule has 0 spiro atoms. The molecule has 3 heterocycles. The second-order valence-corrected chi connectivity index (χ2v) is 5.23. The van der Waals surface area contributed by atoms with Gasteiger partial charge in [-0.25, -0.2) is 19.7 Å². The van der Waals surface area contributed by atoms with Gasteiger partial charge in [-0.2, -0.15) is 0 Å². The summed E-state index contributed by atoms with van der Waals surface area (Å²) in [4.78, 5) is 27.4. The van der Waals surface area contributed by atoms with Crippen LogP contribution in [0, 0.1) is 0 Å². The molecule has 0 bridgehead atoms. The molecule has 7 nitrogen and oxygen atoms in total. The van der Waals surface area contributed by atoms with Gasteiger partial charge in [-0.3, -0.25) is 0 Å². The fourth-order valence-electron chi connectivity index (χ4n) is 2.09. The normalized spacial score (nSPS) is 15.4. The van der Waals surface area contributed by atoms with Crippen LogP contribution in [0.4, 0.5) is 10.9 Å². The van der Waals surface area contributed by atoms with E-state index in [9.17, 15) is 4.79 Å². The quantitative estimate of drug-likeness (QED) is 0.901. The standard InChI is InChI=1S/C12H13N5O2S/c18-11(19)9-7-15-10(8-14-9)16-2-4-17(5-3-16)12-13-1-6-20-12/h1,6-8H,2-5H2,(H,18,19). The minimum Gasteiger partial charge on any atom is -0.476 e. The molecule has 1 saturated heterocycles. The average molecular weight is 291 g/mol. The molecule has 0 amide bonds. The second kappa shape index (κ2) is 5.41. The van der Waals surface area contributed by atoms with E-state index in [0.29, 0.717) is 5.82 Å². The molecule has 1 fully saturated rings. The Morgan fingerprint density at radius 2 is 1.85 bits per heavy atom. The maximum Gasteiger partial charge on any atom is 0.356 e. The Labute approximate surface area is 119 Å². The number of thiazole rings is 1. The highest BCUT2D eigenvalue weighted by Crippen LogP contribution is 2.20. The largest absolute Gasteiger partial charge is 0.476 e. The van der Waals surface area contributed by atoms with Crippen molar-refractivity contribution in [1.82, 2.24) is 15.0 Å². The molecule has 1 N–H and O–H groups in total. The maximum atomic E-state index is 10.7. The van der Waals surface area contributed by atoms with Crippen molar-refractivity contribution in [3.63, 3.8) is 0 Å². The van der Waals surface area contributed by atoms with Crippen LogP contribution in [-0.4, -0.2) is 52.2 Å². The molecule has 20 heavy (non-hydrogen) atoms. The van der Waals surface area contributed by atoms with E-state index in [4.69, 9.17) is 5.11 Å². The van der Waals surface area contributed by atoms with E-state index in [-0.39, 0.29) is 5.69 Å². The Hall–Kier alpha value is -2.22. The van der Waals surface area contributed by atoms with E-state index in [0.717, 1.165) is 31.3 Å². The van der Waals surface area contributed by atoms with Crippen LogP contribution in [0.25, 0.3) is 0 Å². The molecule has 8 heteroatoms. The fraction of sp³-hybridized carbons (Fsp3) is 0.333. The highest BCUT2D eigenvalue weighted by molar-refractivity contribution is 7.13. The zero-order valence-electron chi connectivity index (χ0n) is 10.6. The summed E-state index contributed by atoms with van der Waals surface area (Å²) in [7, 11) is 0. The SMILES string of the molecule is O=C(O)c1cnc(N2CCN(c3nccs3)CC2)cn1. The minimum absolute atomic E-state index is 0.0322. The predicted octanol–water partition coefficient (Wildman–Crippen LogP) is 0.958. The Morgan fingerprint density at radius 3 is 2.40 bits per heavy atom. The van der Waals surface area contributed by atoms with Crippen molar-refractivity contribution in [2.24, 2.45) is 0 Å². The Morgan fingerprint density at radius 1 is 1.10 bits per heavy atom. The summed E-state index contributed by atoms with van der Waals surface area (Å²) in [5.41, 5.74) is -0.0322. The van der Waals surface area contributed by atoms with Gasteiger partial charge in [0, 0.05) is 37.8 Å². The van der Waals surface area contributed by atoms with Crippen LogP contribution >= 0.6 is 11.3 Å². The van der Waals surface area contributed by atoms with E-state index in [1.165, 1.54) is 12.4 Å². The maximum absolute atomic E-state index is 10.7. The molecule has 2 aromatic heterocycles. The van der Waals surface area contributed by atoms with E-state index < -0.39 is 5.97 Å². The van der Waals surface area contributed by atoms with Gasteiger partial charge in [0.05, 0.1) is 12.4 Å². The van der Waals surface area contributed by atoms with Crippen molar-refractivity contribution in [1.29, 1.82) is 0 Å². The Kier molecular flexibility index (Phi) is 3.46. The molecule has 0 aliphatic carbocycles. The highest BCUT2D eigenvalue weighted by atomic mass is 32.1. The van der Waals surface area contributed by atoms with Crippen molar-refractivity contribution in [2.75, 3.05) is 36.0 Å². The number of rotatable bonds is 3. The van der Waals surface area contributed by atoms with Gasteiger partial charge in [0.2, 0.25) is 0 Å². The van der Waals surface area contributed by atoms with Crippen molar-refractivity contribution in [2.45, 2.75) is 0 Å². The van der Waals surface area contributed by atoms with E-state index in [2.05, 4.69) is 24.8 Å². The summed E-state index contributed by atoms with van der Waals surface area (Å²) >= 11 is 1.63. The van der Waals surface area contributed by atoms with Crippen LogP contribution < -0.4 is 9.80 Å². The smallest absolute Gasteiger partial charge is 0.356 e. The highest BCUT2D eigenvalue weighted by Gasteiger charge is 2.20. The third-order valence-corrected chi connectivity index (χ3v) is 3.98. The van der Waals surface area contributed by atoms with Gasteiger partial charge in [-0.05, 0) is 0 Å². The van der Waals surface area contributed by atoms with Crippen LogP contribution in [-0.2, 0) is 0 Å². The first-order valence-corrected chi connectivity index (χ1v) is 7.07. The third-order valence-electron chi connectivity index (χ3n) is 3.15. The number of hydrogen-bond donors (Lipinski definition) is 1. The number of piperazine rings is 1. The van der Waals surface area contributed by atoms with Crippen molar-refractivity contribution < 1.29 is 9.90 Å². The van der Waals surface area contributed by atoms with Crippen LogP contribution in [0.1, 0.15) is 10.5 Å². The molecule has 1 aliphatic heterocycles. The van der Waals surface area contributed by atoms with Crippen LogP contribution in [0.5, 0.6) is 0 Å². The second-order valence-electron chi connectivity index (χ2n) is 4.35. The van der Waals surface area contributed by atoms with Gasteiger partial charge in [0.1, 0.15) is 5.82 Å². The van der Waals surface area contributed by atoms with Gasteiger partial charge in [-0.15, -0.1) is 11.3 Å². The van der Waals surface area contributed by atoms with Gasteiger partial charge >= 0.3 is 5.97 Å². The van der Waals surface area contributed by atoms with Crippen molar-refractivity contribution in [3.05, 3.63) is 29.7 Å². The lowest BCUT2D eigenvalue weighted by Crippen LogP contribution is -2.46. The summed E-state index contributed by atoms with van der Waals surface area (Å²) in [5.74, 6) is -0.341. The number of aromatic nitrogens is 3. The topological polar surface area (TPSA) is 82.5 Å². The number of carboxylic acids is 1. The average Bonchev–Trinajstić information content (AvgIpc) is 3.02. The van der Waals surface area contributed by atoms with Crippen LogP contribution in [0.2, 0.25) is 0 Å². The van der Waals surface area contributed by atoms with Gasteiger partial charge < -0.3 is 14.9 Å². The monoisotopic (exact) mass is 291 g/mol. The summed E-state index contributed by atoms with van der Waals surface area (Å²) in [6, 6.07) is 0. The number of carbonyl (C=O) groups is 1. The van der Waals surface area contributed by atoms with Gasteiger partial charge in [0.25, 0.3) is 0 Å². The molecular weight excluding hydrogens is 278 g/mol. The fourth-order valence-corrected chi connectivity index (χ4v) is 2.79. The van der Waals surface area contributed by atoms with Crippen molar-refractivity contribution in [3.8, 4) is 0 Å². The zero-order valence-corrected chi connectivity index (χ0v) is 11.5. The number of aromatic carboxylic acids is 1.